The number of thiazole rings is 1. The molecule has 20 heavy (non-hydrogen) atoms. The van der Waals surface area contributed by atoms with Crippen LogP contribution in [-0.2, 0) is 6.54 Å². The predicted octanol–water partition coefficient (Wildman–Crippen LogP) is 1.56. The fourth-order valence-electron chi connectivity index (χ4n) is 1.67. The standard InChI is InChI=1S/C12H15ClN4O2S/c1-8(11-14-2-5-20-11)6-15-9-7-16-17(3-4-18)12(19)10(9)13/h2,5,7-8,15,18H,3-4,6H2,1H3. The third-order valence-corrected chi connectivity index (χ3v) is 4.14. The van der Waals surface area contributed by atoms with E-state index < -0.39 is 5.56 Å². The highest BCUT2D eigenvalue weighted by Crippen LogP contribution is 2.20. The zero-order chi connectivity index (χ0) is 14.5. The van der Waals surface area contributed by atoms with Gasteiger partial charge in [0.2, 0.25) is 0 Å². The van der Waals surface area contributed by atoms with Crippen LogP contribution in [0.3, 0.4) is 0 Å². The third-order valence-electron chi connectivity index (χ3n) is 2.77. The first-order valence-corrected chi connectivity index (χ1v) is 7.39. The first-order valence-electron chi connectivity index (χ1n) is 6.13. The summed E-state index contributed by atoms with van der Waals surface area (Å²) in [6.45, 7) is 2.63. The van der Waals surface area contributed by atoms with Crippen molar-refractivity contribution in [2.45, 2.75) is 19.4 Å². The molecule has 0 aromatic carbocycles. The molecule has 2 heterocycles. The zero-order valence-electron chi connectivity index (χ0n) is 10.9. The highest BCUT2D eigenvalue weighted by atomic mass is 35.5. The molecule has 8 heteroatoms. The van der Waals surface area contributed by atoms with Crippen molar-refractivity contribution in [3.8, 4) is 0 Å². The van der Waals surface area contributed by atoms with E-state index in [-0.39, 0.29) is 24.1 Å². The number of rotatable bonds is 6. The van der Waals surface area contributed by atoms with E-state index in [0.717, 1.165) is 9.69 Å². The maximum atomic E-state index is 11.9. The Kier molecular flexibility index (Phi) is 5.11. The summed E-state index contributed by atoms with van der Waals surface area (Å²) in [5, 5.41) is 18.9. The Morgan fingerprint density at radius 2 is 2.40 bits per heavy atom. The second-order valence-corrected chi connectivity index (χ2v) is 5.58. The van der Waals surface area contributed by atoms with E-state index in [1.807, 2.05) is 12.3 Å². The highest BCUT2D eigenvalue weighted by Gasteiger charge is 2.12. The largest absolute Gasteiger partial charge is 0.394 e. The molecular formula is C12H15ClN4O2S. The number of aliphatic hydroxyl groups excluding tert-OH is 1. The molecule has 2 rings (SSSR count). The van der Waals surface area contributed by atoms with Crippen molar-refractivity contribution >= 4 is 28.6 Å². The van der Waals surface area contributed by atoms with Gasteiger partial charge >= 0.3 is 0 Å². The lowest BCUT2D eigenvalue weighted by Crippen LogP contribution is -2.26. The van der Waals surface area contributed by atoms with Crippen LogP contribution in [0.25, 0.3) is 0 Å². The summed E-state index contributed by atoms with van der Waals surface area (Å²) in [5.74, 6) is 0.214. The maximum Gasteiger partial charge on any atom is 0.287 e. The van der Waals surface area contributed by atoms with Crippen molar-refractivity contribution in [1.29, 1.82) is 0 Å². The van der Waals surface area contributed by atoms with Crippen LogP contribution in [0.2, 0.25) is 5.02 Å². The molecule has 0 aliphatic carbocycles. The van der Waals surface area contributed by atoms with Crippen molar-refractivity contribution < 1.29 is 5.11 Å². The van der Waals surface area contributed by atoms with Gasteiger partial charge in [0.15, 0.2) is 0 Å². The number of aliphatic hydroxyl groups is 1. The molecule has 0 bridgehead atoms. The summed E-state index contributed by atoms with van der Waals surface area (Å²) in [5.41, 5.74) is 0.0851. The van der Waals surface area contributed by atoms with Gasteiger partial charge in [-0.15, -0.1) is 11.3 Å². The Morgan fingerprint density at radius 3 is 3.05 bits per heavy atom. The lowest BCUT2D eigenvalue weighted by Gasteiger charge is -2.12. The predicted molar refractivity (Wildman–Crippen MR) is 79.6 cm³/mol. The first-order chi connectivity index (χ1) is 9.63. The topological polar surface area (TPSA) is 80.0 Å². The summed E-state index contributed by atoms with van der Waals surface area (Å²) in [6, 6.07) is 0. The molecule has 1 atom stereocenters. The minimum atomic E-state index is -0.410. The van der Waals surface area contributed by atoms with Gasteiger partial charge in [0.1, 0.15) is 5.02 Å². The molecule has 0 aliphatic heterocycles. The van der Waals surface area contributed by atoms with E-state index in [9.17, 15) is 4.79 Å². The molecular weight excluding hydrogens is 300 g/mol. The van der Waals surface area contributed by atoms with Crippen LogP contribution < -0.4 is 10.9 Å². The Labute approximate surface area is 125 Å². The Balaban J connectivity index is 2.07. The van der Waals surface area contributed by atoms with Crippen LogP contribution in [0, 0.1) is 0 Å². The van der Waals surface area contributed by atoms with Crippen LogP contribution in [0.1, 0.15) is 17.8 Å². The summed E-state index contributed by atoms with van der Waals surface area (Å²) >= 11 is 7.60. The normalized spacial score (nSPS) is 12.3. The molecule has 2 aromatic rings. The number of anilines is 1. The monoisotopic (exact) mass is 314 g/mol. The van der Waals surface area contributed by atoms with Gasteiger partial charge in [0.25, 0.3) is 5.56 Å². The fourth-order valence-corrected chi connectivity index (χ4v) is 2.58. The molecule has 0 aliphatic rings. The minimum absolute atomic E-state index is 0.0831. The van der Waals surface area contributed by atoms with Crippen molar-refractivity contribution in [3.05, 3.63) is 38.2 Å². The lowest BCUT2D eigenvalue weighted by atomic mass is 10.2. The molecule has 1 unspecified atom stereocenters. The van der Waals surface area contributed by atoms with E-state index >= 15 is 0 Å². The number of hydrogen-bond acceptors (Lipinski definition) is 6. The average molecular weight is 315 g/mol. The number of nitrogens with one attached hydrogen (secondary N) is 1. The van der Waals surface area contributed by atoms with E-state index in [1.165, 1.54) is 6.20 Å². The fraction of sp³-hybridized carbons (Fsp3) is 0.417. The third kappa shape index (κ3) is 3.36. The highest BCUT2D eigenvalue weighted by molar-refractivity contribution is 7.09. The Hall–Kier alpha value is -1.44. The van der Waals surface area contributed by atoms with Gasteiger partial charge in [-0.3, -0.25) is 4.79 Å². The summed E-state index contributed by atoms with van der Waals surface area (Å²) in [6.07, 6.45) is 3.26. The molecule has 0 saturated carbocycles. The van der Waals surface area contributed by atoms with Gasteiger partial charge < -0.3 is 10.4 Å². The van der Waals surface area contributed by atoms with Crippen molar-refractivity contribution in [3.63, 3.8) is 0 Å². The molecule has 0 fully saturated rings. The number of nitrogens with zero attached hydrogens (tertiary/aromatic N) is 3. The molecule has 0 radical (unpaired) electrons. The second kappa shape index (κ2) is 6.83. The van der Waals surface area contributed by atoms with Crippen molar-refractivity contribution in [2.24, 2.45) is 0 Å². The zero-order valence-corrected chi connectivity index (χ0v) is 12.5. The quantitative estimate of drug-likeness (QED) is 0.846. The number of halogens is 1. The first kappa shape index (κ1) is 15.0. The van der Waals surface area contributed by atoms with Gasteiger partial charge in [-0.2, -0.15) is 5.10 Å². The van der Waals surface area contributed by atoms with Crippen molar-refractivity contribution in [1.82, 2.24) is 14.8 Å². The SMILES string of the molecule is CC(CNc1cnn(CCO)c(=O)c1Cl)c1nccs1. The number of hydrogen-bond donors (Lipinski definition) is 2. The van der Waals surface area contributed by atoms with Gasteiger partial charge in [-0.1, -0.05) is 18.5 Å². The van der Waals surface area contributed by atoms with Crippen LogP contribution >= 0.6 is 22.9 Å². The molecule has 108 valence electrons. The molecule has 6 nitrogen and oxygen atoms in total. The maximum absolute atomic E-state index is 11.9. The van der Waals surface area contributed by atoms with E-state index in [0.29, 0.717) is 12.2 Å². The average Bonchev–Trinajstić information content (AvgIpc) is 2.97. The minimum Gasteiger partial charge on any atom is -0.394 e. The molecule has 0 saturated heterocycles. The van der Waals surface area contributed by atoms with Crippen LogP contribution in [-0.4, -0.2) is 33.0 Å². The van der Waals surface area contributed by atoms with Gasteiger partial charge in [-0.25, -0.2) is 9.67 Å². The summed E-state index contributed by atoms with van der Waals surface area (Å²) < 4.78 is 1.14. The van der Waals surface area contributed by atoms with Gasteiger partial charge in [-0.05, 0) is 0 Å². The van der Waals surface area contributed by atoms with Crippen LogP contribution in [0.4, 0.5) is 5.69 Å². The lowest BCUT2D eigenvalue weighted by molar-refractivity contribution is 0.266. The van der Waals surface area contributed by atoms with E-state index in [4.69, 9.17) is 16.7 Å². The number of aromatic nitrogens is 3. The van der Waals surface area contributed by atoms with Crippen LogP contribution in [0.15, 0.2) is 22.6 Å². The molecule has 0 amide bonds. The Bertz CT molecular complexity index is 614. The van der Waals surface area contributed by atoms with E-state index in [1.54, 1.807) is 17.5 Å². The molecule has 2 aromatic heterocycles. The second-order valence-electron chi connectivity index (χ2n) is 4.28. The summed E-state index contributed by atoms with van der Waals surface area (Å²) in [7, 11) is 0. The van der Waals surface area contributed by atoms with E-state index in [2.05, 4.69) is 15.4 Å². The summed E-state index contributed by atoms with van der Waals surface area (Å²) in [4.78, 5) is 16.1. The van der Waals surface area contributed by atoms with Crippen LogP contribution in [0.5, 0.6) is 0 Å². The van der Waals surface area contributed by atoms with Gasteiger partial charge in [0.05, 0.1) is 30.0 Å². The molecule has 0 spiro atoms. The van der Waals surface area contributed by atoms with Crippen molar-refractivity contribution in [2.75, 3.05) is 18.5 Å². The molecule has 2 N–H and O–H groups in total. The van der Waals surface area contributed by atoms with Gasteiger partial charge in [0, 0.05) is 24.0 Å². The Morgan fingerprint density at radius 1 is 1.60 bits per heavy atom. The smallest absolute Gasteiger partial charge is 0.287 e.